The molecule has 1 aliphatic heterocycles. The summed E-state index contributed by atoms with van der Waals surface area (Å²) in [7, 11) is 0. The van der Waals surface area contributed by atoms with Gasteiger partial charge in [-0.2, -0.15) is 0 Å². The van der Waals surface area contributed by atoms with Crippen LogP contribution >= 0.6 is 0 Å². The largest absolute Gasteiger partial charge is 0.491 e. The topological polar surface area (TPSA) is 25.4 Å². The predicted molar refractivity (Wildman–Crippen MR) is 77.5 cm³/mol. The Labute approximate surface area is 114 Å². The fraction of sp³-hybridized carbons (Fsp3) is 0.438. The van der Waals surface area contributed by atoms with E-state index in [1.807, 2.05) is 24.4 Å². The molecule has 0 bridgehead atoms. The summed E-state index contributed by atoms with van der Waals surface area (Å²) in [6.45, 7) is 4.44. The molecule has 1 fully saturated rings. The summed E-state index contributed by atoms with van der Waals surface area (Å²) in [6.07, 6.45) is 5.62. The molecule has 1 saturated heterocycles. The Bertz CT molecular complexity index is 530. The van der Waals surface area contributed by atoms with Crippen molar-refractivity contribution in [3.8, 4) is 5.75 Å². The standard InChI is InChI=1S/C16H20N2O/c1-2-11-18(10-1)12-5-13-19-15-8-3-6-14-7-4-9-17-16(14)15/h3-4,6-9H,1-2,5,10-13H2. The molecule has 2 aromatic rings. The molecule has 1 aliphatic rings. The van der Waals surface area contributed by atoms with Crippen LogP contribution in [0.3, 0.4) is 0 Å². The lowest BCUT2D eigenvalue weighted by molar-refractivity contribution is 0.265. The van der Waals surface area contributed by atoms with Gasteiger partial charge in [-0.05, 0) is 44.5 Å². The van der Waals surface area contributed by atoms with Crippen LogP contribution in [0.4, 0.5) is 0 Å². The number of fused-ring (bicyclic) bond motifs is 1. The lowest BCUT2D eigenvalue weighted by Gasteiger charge is -2.14. The predicted octanol–water partition coefficient (Wildman–Crippen LogP) is 3.10. The fourth-order valence-corrected chi connectivity index (χ4v) is 2.67. The van der Waals surface area contributed by atoms with E-state index in [-0.39, 0.29) is 0 Å². The van der Waals surface area contributed by atoms with Crippen LogP contribution in [0.25, 0.3) is 10.9 Å². The van der Waals surface area contributed by atoms with Crippen LogP contribution in [0.15, 0.2) is 36.5 Å². The van der Waals surface area contributed by atoms with Gasteiger partial charge >= 0.3 is 0 Å². The molecule has 0 radical (unpaired) electrons. The Kier molecular flexibility index (Phi) is 3.94. The molecule has 1 aromatic heterocycles. The molecule has 0 N–H and O–H groups in total. The summed E-state index contributed by atoms with van der Waals surface area (Å²) >= 11 is 0. The molecule has 2 heterocycles. The number of rotatable bonds is 5. The number of aromatic nitrogens is 1. The zero-order valence-electron chi connectivity index (χ0n) is 11.2. The Morgan fingerprint density at radius 2 is 1.95 bits per heavy atom. The van der Waals surface area contributed by atoms with Gasteiger partial charge in [-0.3, -0.25) is 4.98 Å². The Balaban J connectivity index is 1.56. The average Bonchev–Trinajstić information content (AvgIpc) is 2.97. The summed E-state index contributed by atoms with van der Waals surface area (Å²) < 4.78 is 5.89. The number of hydrogen-bond donors (Lipinski definition) is 0. The molecule has 3 heteroatoms. The fourth-order valence-electron chi connectivity index (χ4n) is 2.67. The molecule has 3 nitrogen and oxygen atoms in total. The summed E-state index contributed by atoms with van der Waals surface area (Å²) in [6, 6.07) is 10.1. The third-order valence-electron chi connectivity index (χ3n) is 3.67. The van der Waals surface area contributed by atoms with Crippen LogP contribution in [0, 0.1) is 0 Å². The molecular formula is C16H20N2O. The van der Waals surface area contributed by atoms with Gasteiger partial charge < -0.3 is 9.64 Å². The third-order valence-corrected chi connectivity index (χ3v) is 3.67. The van der Waals surface area contributed by atoms with E-state index in [0.29, 0.717) is 0 Å². The molecular weight excluding hydrogens is 236 g/mol. The third kappa shape index (κ3) is 3.04. The first kappa shape index (κ1) is 12.4. The number of likely N-dealkylation sites (tertiary alicyclic amines) is 1. The van der Waals surface area contributed by atoms with Crippen molar-refractivity contribution in [3.05, 3.63) is 36.5 Å². The zero-order chi connectivity index (χ0) is 12.9. The van der Waals surface area contributed by atoms with Gasteiger partial charge in [0.1, 0.15) is 11.3 Å². The Morgan fingerprint density at radius 1 is 1.11 bits per heavy atom. The van der Waals surface area contributed by atoms with Crippen molar-refractivity contribution < 1.29 is 4.74 Å². The number of nitrogens with zero attached hydrogens (tertiary/aromatic N) is 2. The maximum atomic E-state index is 5.89. The van der Waals surface area contributed by atoms with Crippen molar-refractivity contribution in [2.75, 3.05) is 26.2 Å². The molecule has 0 atom stereocenters. The normalized spacial score (nSPS) is 16.0. The van der Waals surface area contributed by atoms with Crippen LogP contribution in [0.1, 0.15) is 19.3 Å². The smallest absolute Gasteiger partial charge is 0.145 e. The van der Waals surface area contributed by atoms with Crippen LogP contribution in [0.2, 0.25) is 0 Å². The maximum Gasteiger partial charge on any atom is 0.145 e. The van der Waals surface area contributed by atoms with Crippen molar-refractivity contribution in [3.63, 3.8) is 0 Å². The Morgan fingerprint density at radius 3 is 2.84 bits per heavy atom. The van der Waals surface area contributed by atoms with Gasteiger partial charge in [0.2, 0.25) is 0 Å². The van der Waals surface area contributed by atoms with E-state index in [1.54, 1.807) is 0 Å². The van der Waals surface area contributed by atoms with Gasteiger partial charge in [0.25, 0.3) is 0 Å². The quantitative estimate of drug-likeness (QED) is 0.769. The first-order chi connectivity index (χ1) is 9.43. The average molecular weight is 256 g/mol. The highest BCUT2D eigenvalue weighted by molar-refractivity contribution is 5.84. The van der Waals surface area contributed by atoms with E-state index in [4.69, 9.17) is 4.74 Å². The number of hydrogen-bond acceptors (Lipinski definition) is 3. The van der Waals surface area contributed by atoms with Crippen LogP contribution in [-0.2, 0) is 0 Å². The monoisotopic (exact) mass is 256 g/mol. The molecule has 0 saturated carbocycles. The first-order valence-electron chi connectivity index (χ1n) is 7.12. The van der Waals surface area contributed by atoms with Gasteiger partial charge in [0.05, 0.1) is 6.61 Å². The van der Waals surface area contributed by atoms with Gasteiger partial charge in [0.15, 0.2) is 0 Å². The second-order valence-corrected chi connectivity index (χ2v) is 5.08. The van der Waals surface area contributed by atoms with E-state index in [0.717, 1.165) is 36.2 Å². The highest BCUT2D eigenvalue weighted by atomic mass is 16.5. The minimum atomic E-state index is 0.770. The van der Waals surface area contributed by atoms with E-state index in [2.05, 4.69) is 22.0 Å². The molecule has 0 amide bonds. The van der Waals surface area contributed by atoms with E-state index in [9.17, 15) is 0 Å². The van der Waals surface area contributed by atoms with E-state index >= 15 is 0 Å². The molecule has 0 aliphatic carbocycles. The second kappa shape index (κ2) is 6.02. The SMILES string of the molecule is c1cnc2c(OCCCN3CCCC3)cccc2c1. The van der Waals surface area contributed by atoms with Crippen molar-refractivity contribution in [2.45, 2.75) is 19.3 Å². The molecule has 0 unspecified atom stereocenters. The van der Waals surface area contributed by atoms with E-state index in [1.165, 1.54) is 25.9 Å². The van der Waals surface area contributed by atoms with Crippen molar-refractivity contribution in [1.29, 1.82) is 0 Å². The number of pyridine rings is 1. The molecule has 1 aromatic carbocycles. The van der Waals surface area contributed by atoms with Gasteiger partial charge in [-0.25, -0.2) is 0 Å². The summed E-state index contributed by atoms with van der Waals surface area (Å²) in [5.74, 6) is 0.902. The highest BCUT2D eigenvalue weighted by Crippen LogP contribution is 2.23. The Hall–Kier alpha value is -1.61. The summed E-state index contributed by atoms with van der Waals surface area (Å²) in [5, 5.41) is 1.14. The number of ether oxygens (including phenoxy) is 1. The molecule has 3 rings (SSSR count). The van der Waals surface area contributed by atoms with Crippen LogP contribution in [0.5, 0.6) is 5.75 Å². The van der Waals surface area contributed by atoms with Crippen molar-refractivity contribution in [2.24, 2.45) is 0 Å². The minimum absolute atomic E-state index is 0.770. The zero-order valence-corrected chi connectivity index (χ0v) is 11.2. The van der Waals surface area contributed by atoms with E-state index < -0.39 is 0 Å². The maximum absolute atomic E-state index is 5.89. The highest BCUT2D eigenvalue weighted by Gasteiger charge is 2.10. The minimum Gasteiger partial charge on any atom is -0.491 e. The van der Waals surface area contributed by atoms with Gasteiger partial charge in [-0.15, -0.1) is 0 Å². The number of benzene rings is 1. The van der Waals surface area contributed by atoms with Crippen LogP contribution < -0.4 is 4.74 Å². The van der Waals surface area contributed by atoms with Crippen LogP contribution in [-0.4, -0.2) is 36.1 Å². The van der Waals surface area contributed by atoms with Crippen molar-refractivity contribution >= 4 is 10.9 Å². The lowest BCUT2D eigenvalue weighted by atomic mass is 10.2. The second-order valence-electron chi connectivity index (χ2n) is 5.08. The van der Waals surface area contributed by atoms with Gasteiger partial charge in [0, 0.05) is 18.1 Å². The lowest BCUT2D eigenvalue weighted by Crippen LogP contribution is -2.21. The van der Waals surface area contributed by atoms with Crippen molar-refractivity contribution in [1.82, 2.24) is 9.88 Å². The number of para-hydroxylation sites is 1. The summed E-state index contributed by atoms with van der Waals surface area (Å²) in [4.78, 5) is 6.92. The molecule has 100 valence electrons. The van der Waals surface area contributed by atoms with Gasteiger partial charge in [-0.1, -0.05) is 18.2 Å². The molecule has 19 heavy (non-hydrogen) atoms. The first-order valence-corrected chi connectivity index (χ1v) is 7.12. The molecule has 0 spiro atoms. The summed E-state index contributed by atoms with van der Waals surface area (Å²) in [5.41, 5.74) is 0.964.